The van der Waals surface area contributed by atoms with Gasteiger partial charge in [-0.05, 0) is 42.8 Å². The molecule has 0 atom stereocenters. The minimum Gasteiger partial charge on any atom is -0.334 e. The number of aromatic nitrogens is 5. The summed E-state index contributed by atoms with van der Waals surface area (Å²) in [6.07, 6.45) is 0. The molecule has 0 aliphatic rings. The highest BCUT2D eigenvalue weighted by atomic mass is 19.1. The van der Waals surface area contributed by atoms with Crippen LogP contribution in [0.15, 0.2) is 53.1 Å². The zero-order valence-corrected chi connectivity index (χ0v) is 13.7. The van der Waals surface area contributed by atoms with Crippen LogP contribution in [0.25, 0.3) is 23.0 Å². The van der Waals surface area contributed by atoms with Gasteiger partial charge in [0.05, 0.1) is 12.2 Å². The van der Waals surface area contributed by atoms with Crippen molar-refractivity contribution in [2.45, 2.75) is 13.5 Å². The van der Waals surface area contributed by atoms with Crippen molar-refractivity contribution in [3.8, 4) is 23.0 Å². The molecule has 0 radical (unpaired) electrons. The molecule has 0 saturated heterocycles. The van der Waals surface area contributed by atoms with Gasteiger partial charge in [0.1, 0.15) is 11.6 Å². The molecule has 0 amide bonds. The van der Waals surface area contributed by atoms with Crippen LogP contribution >= 0.6 is 0 Å². The molecule has 0 saturated carbocycles. The molecule has 0 fully saturated rings. The summed E-state index contributed by atoms with van der Waals surface area (Å²) >= 11 is 0. The number of hydrogen-bond donors (Lipinski definition) is 0. The molecule has 130 valence electrons. The summed E-state index contributed by atoms with van der Waals surface area (Å²) in [4.78, 5) is 4.27. The van der Waals surface area contributed by atoms with E-state index in [1.54, 1.807) is 28.9 Å². The predicted molar refractivity (Wildman–Crippen MR) is 88.9 cm³/mol. The predicted octanol–water partition coefficient (Wildman–Crippen LogP) is 3.63. The van der Waals surface area contributed by atoms with E-state index >= 15 is 0 Å². The Bertz CT molecular complexity index is 1060. The first kappa shape index (κ1) is 16.1. The Balaban J connectivity index is 1.61. The second kappa shape index (κ2) is 6.47. The van der Waals surface area contributed by atoms with Crippen molar-refractivity contribution in [1.29, 1.82) is 0 Å². The second-order valence-corrected chi connectivity index (χ2v) is 5.74. The van der Waals surface area contributed by atoms with E-state index in [1.165, 1.54) is 24.3 Å². The number of benzene rings is 2. The normalized spacial score (nSPS) is 11.0. The van der Waals surface area contributed by atoms with Gasteiger partial charge in [-0.25, -0.2) is 13.5 Å². The molecule has 0 N–H and O–H groups in total. The van der Waals surface area contributed by atoms with Gasteiger partial charge in [0.2, 0.25) is 5.82 Å². The van der Waals surface area contributed by atoms with Crippen LogP contribution in [0.3, 0.4) is 0 Å². The standard InChI is InChI=1S/C18H13F2N5O/c1-11-16(22-24-25(11)10-12-5-7-14(19)8-6-12)17-21-18(26-23-17)13-3-2-4-15(20)9-13/h2-9H,10H2,1H3. The first-order valence-electron chi connectivity index (χ1n) is 7.85. The zero-order valence-electron chi connectivity index (χ0n) is 13.7. The number of nitrogens with zero attached hydrogens (tertiary/aromatic N) is 5. The van der Waals surface area contributed by atoms with Gasteiger partial charge >= 0.3 is 0 Å². The highest BCUT2D eigenvalue weighted by Crippen LogP contribution is 2.23. The summed E-state index contributed by atoms with van der Waals surface area (Å²) in [6, 6.07) is 12.1. The van der Waals surface area contributed by atoms with E-state index < -0.39 is 0 Å². The topological polar surface area (TPSA) is 69.6 Å². The Kier molecular flexibility index (Phi) is 4.00. The van der Waals surface area contributed by atoms with Crippen LogP contribution in [0.1, 0.15) is 11.3 Å². The third kappa shape index (κ3) is 3.08. The van der Waals surface area contributed by atoms with E-state index in [9.17, 15) is 8.78 Å². The molecule has 2 aromatic heterocycles. The molecule has 0 unspecified atom stereocenters. The van der Waals surface area contributed by atoms with Crippen molar-refractivity contribution < 1.29 is 13.3 Å². The highest BCUT2D eigenvalue weighted by molar-refractivity contribution is 5.58. The summed E-state index contributed by atoms with van der Waals surface area (Å²) in [5, 5.41) is 12.1. The molecule has 0 bridgehead atoms. The van der Waals surface area contributed by atoms with Gasteiger partial charge in [0.25, 0.3) is 5.89 Å². The summed E-state index contributed by atoms with van der Waals surface area (Å²) in [5.41, 5.74) is 2.58. The fourth-order valence-electron chi connectivity index (χ4n) is 2.54. The van der Waals surface area contributed by atoms with Crippen molar-refractivity contribution in [3.63, 3.8) is 0 Å². The monoisotopic (exact) mass is 353 g/mol. The van der Waals surface area contributed by atoms with Gasteiger partial charge in [-0.2, -0.15) is 4.98 Å². The maximum Gasteiger partial charge on any atom is 0.258 e. The first-order chi connectivity index (χ1) is 12.6. The van der Waals surface area contributed by atoms with E-state index in [0.717, 1.165) is 11.3 Å². The number of rotatable bonds is 4. The summed E-state index contributed by atoms with van der Waals surface area (Å²) in [5.74, 6) is -0.204. The van der Waals surface area contributed by atoms with Crippen molar-refractivity contribution in [2.24, 2.45) is 0 Å². The minimum absolute atomic E-state index is 0.201. The molecule has 6 nitrogen and oxygen atoms in total. The van der Waals surface area contributed by atoms with Crippen LogP contribution in [0.5, 0.6) is 0 Å². The SMILES string of the molecule is Cc1c(-c2noc(-c3cccc(F)c3)n2)nnn1Cc1ccc(F)cc1. The van der Waals surface area contributed by atoms with Crippen LogP contribution in [-0.4, -0.2) is 25.1 Å². The van der Waals surface area contributed by atoms with Gasteiger partial charge in [-0.1, -0.05) is 28.6 Å². The molecule has 2 heterocycles. The third-order valence-corrected chi connectivity index (χ3v) is 3.94. The Labute approximate surface area is 147 Å². The molecule has 4 aromatic rings. The van der Waals surface area contributed by atoms with Crippen molar-refractivity contribution >= 4 is 0 Å². The van der Waals surface area contributed by atoms with Crippen LogP contribution < -0.4 is 0 Å². The van der Waals surface area contributed by atoms with Crippen molar-refractivity contribution in [3.05, 3.63) is 71.4 Å². The molecular formula is C18H13F2N5O. The van der Waals surface area contributed by atoms with Gasteiger partial charge in [-0.15, -0.1) is 5.10 Å². The van der Waals surface area contributed by atoms with Gasteiger partial charge < -0.3 is 4.52 Å². The molecule has 26 heavy (non-hydrogen) atoms. The fourth-order valence-corrected chi connectivity index (χ4v) is 2.54. The van der Waals surface area contributed by atoms with Crippen molar-refractivity contribution in [1.82, 2.24) is 25.1 Å². The Hall–Kier alpha value is -3.42. The molecule has 2 aromatic carbocycles. The average molecular weight is 353 g/mol. The quantitative estimate of drug-likeness (QED) is 0.560. The smallest absolute Gasteiger partial charge is 0.258 e. The average Bonchev–Trinajstić information content (AvgIpc) is 3.25. The van der Waals surface area contributed by atoms with E-state index in [2.05, 4.69) is 20.5 Å². The Morgan fingerprint density at radius 1 is 1.04 bits per heavy atom. The van der Waals surface area contributed by atoms with E-state index in [-0.39, 0.29) is 23.3 Å². The van der Waals surface area contributed by atoms with E-state index in [4.69, 9.17) is 4.52 Å². The molecule has 0 spiro atoms. The largest absolute Gasteiger partial charge is 0.334 e. The lowest BCUT2D eigenvalue weighted by Crippen LogP contribution is -2.04. The summed E-state index contributed by atoms with van der Waals surface area (Å²) in [7, 11) is 0. The molecule has 0 aliphatic heterocycles. The third-order valence-electron chi connectivity index (χ3n) is 3.94. The van der Waals surface area contributed by atoms with Crippen molar-refractivity contribution in [2.75, 3.05) is 0 Å². The Morgan fingerprint density at radius 3 is 2.62 bits per heavy atom. The summed E-state index contributed by atoms with van der Waals surface area (Å²) in [6.45, 7) is 2.27. The van der Waals surface area contributed by atoms with Gasteiger partial charge in [-0.3, -0.25) is 0 Å². The summed E-state index contributed by atoms with van der Waals surface area (Å²) < 4.78 is 33.2. The molecular weight excluding hydrogens is 340 g/mol. The lowest BCUT2D eigenvalue weighted by molar-refractivity contribution is 0.431. The molecule has 8 heteroatoms. The lowest BCUT2D eigenvalue weighted by Gasteiger charge is -2.03. The van der Waals surface area contributed by atoms with Crippen LogP contribution in [0.2, 0.25) is 0 Å². The highest BCUT2D eigenvalue weighted by Gasteiger charge is 2.18. The number of halogens is 2. The lowest BCUT2D eigenvalue weighted by atomic mass is 10.2. The van der Waals surface area contributed by atoms with E-state index in [1.807, 2.05) is 6.92 Å². The van der Waals surface area contributed by atoms with Crippen LogP contribution in [0, 0.1) is 18.6 Å². The minimum atomic E-state index is -0.385. The number of hydrogen-bond acceptors (Lipinski definition) is 5. The maximum atomic E-state index is 13.3. The molecule has 0 aliphatic carbocycles. The van der Waals surface area contributed by atoms with Crippen LogP contribution in [-0.2, 0) is 6.54 Å². The molecule has 4 rings (SSSR count). The maximum absolute atomic E-state index is 13.3. The van der Waals surface area contributed by atoms with E-state index in [0.29, 0.717) is 17.8 Å². The van der Waals surface area contributed by atoms with Gasteiger partial charge in [0.15, 0.2) is 5.69 Å². The fraction of sp³-hybridized carbons (Fsp3) is 0.111. The van der Waals surface area contributed by atoms with Crippen LogP contribution in [0.4, 0.5) is 8.78 Å². The van der Waals surface area contributed by atoms with Gasteiger partial charge in [0, 0.05) is 5.56 Å². The first-order valence-corrected chi connectivity index (χ1v) is 7.85. The Morgan fingerprint density at radius 2 is 1.85 bits per heavy atom. The zero-order chi connectivity index (χ0) is 18.1. The second-order valence-electron chi connectivity index (χ2n) is 5.74.